The molecule has 1 heterocycles. The molecule has 2 amide bonds. The number of carbonyl (C=O) groups is 4. The van der Waals surface area contributed by atoms with Crippen LogP contribution in [0.25, 0.3) is 0 Å². The highest BCUT2D eigenvalue weighted by Crippen LogP contribution is 2.25. The molecule has 4 aromatic rings. The Hall–Kier alpha value is -6.11. The van der Waals surface area contributed by atoms with E-state index in [1.807, 2.05) is 60.7 Å². The van der Waals surface area contributed by atoms with Crippen LogP contribution in [-0.4, -0.2) is 51.0 Å². The fourth-order valence-electron chi connectivity index (χ4n) is 5.24. The Morgan fingerprint density at radius 2 is 1.46 bits per heavy atom. The molecule has 2 atom stereocenters. The number of rotatable bonds is 13. The summed E-state index contributed by atoms with van der Waals surface area (Å²) < 4.78 is 11.1. The van der Waals surface area contributed by atoms with Gasteiger partial charge in [0.15, 0.2) is 11.5 Å². The Morgan fingerprint density at radius 1 is 0.833 bits per heavy atom. The van der Waals surface area contributed by atoms with Gasteiger partial charge in [-0.1, -0.05) is 67.2 Å². The molecular formula is C35H35N7O6. The van der Waals surface area contributed by atoms with Crippen LogP contribution in [0.15, 0.2) is 91.5 Å². The summed E-state index contributed by atoms with van der Waals surface area (Å²) in [6.07, 6.45) is 4.36. The summed E-state index contributed by atoms with van der Waals surface area (Å²) in [5.74, 6) is -2.49. The molecule has 0 radical (unpaired) electrons. The van der Waals surface area contributed by atoms with E-state index in [4.69, 9.17) is 15.2 Å². The number of carbonyl (C=O) groups excluding carboxylic acids is 4. The molecular weight excluding hydrogens is 614 g/mol. The summed E-state index contributed by atoms with van der Waals surface area (Å²) in [6, 6.07) is 22.5. The predicted molar refractivity (Wildman–Crippen MR) is 177 cm³/mol. The number of ether oxygens (including phenoxy) is 2. The number of anilines is 3. The van der Waals surface area contributed by atoms with Crippen molar-refractivity contribution >= 4 is 41.2 Å². The molecule has 0 bridgehead atoms. The molecule has 5 rings (SSSR count). The second kappa shape index (κ2) is 15.9. The number of esters is 2. The Balaban J connectivity index is 1.38. The van der Waals surface area contributed by atoms with Gasteiger partial charge in [0.05, 0.1) is 11.1 Å². The molecule has 0 spiro atoms. The van der Waals surface area contributed by atoms with Crippen LogP contribution in [0.3, 0.4) is 0 Å². The molecule has 1 saturated carbocycles. The summed E-state index contributed by atoms with van der Waals surface area (Å²) in [5, 5.41) is 17.1. The van der Waals surface area contributed by atoms with Crippen LogP contribution < -0.4 is 21.7 Å². The topological polar surface area (TPSA) is 188 Å². The SMILES string of the molecule is C=CC(=O)NC1CCC[C@@H](Nc2nnc(C(N)=O)c(Nc3ccc(C(=O)OCc4ccccc4)c(C(=O)OCc4ccccc4)c3)n2)C1. The highest BCUT2D eigenvalue weighted by molar-refractivity contribution is 6.04. The van der Waals surface area contributed by atoms with Crippen molar-refractivity contribution in [3.05, 3.63) is 119 Å². The van der Waals surface area contributed by atoms with Crippen LogP contribution in [-0.2, 0) is 27.5 Å². The highest BCUT2D eigenvalue weighted by Gasteiger charge is 2.25. The molecule has 13 heteroatoms. The van der Waals surface area contributed by atoms with Crippen molar-refractivity contribution in [2.24, 2.45) is 5.73 Å². The van der Waals surface area contributed by atoms with Gasteiger partial charge in [-0.3, -0.25) is 9.59 Å². The van der Waals surface area contributed by atoms with Crippen LogP contribution in [0.1, 0.15) is 68.0 Å². The lowest BCUT2D eigenvalue weighted by molar-refractivity contribution is -0.117. The summed E-state index contributed by atoms with van der Waals surface area (Å²) in [7, 11) is 0. The van der Waals surface area contributed by atoms with Gasteiger partial charge in [0.2, 0.25) is 11.9 Å². The zero-order valence-electron chi connectivity index (χ0n) is 26.1. The maximum absolute atomic E-state index is 13.4. The van der Waals surface area contributed by atoms with Crippen molar-refractivity contribution in [2.45, 2.75) is 51.0 Å². The van der Waals surface area contributed by atoms with Crippen LogP contribution in [0.5, 0.6) is 0 Å². The lowest BCUT2D eigenvalue weighted by Crippen LogP contribution is -2.41. The zero-order valence-corrected chi connectivity index (χ0v) is 26.1. The van der Waals surface area contributed by atoms with E-state index in [9.17, 15) is 19.2 Å². The average molecular weight is 650 g/mol. The third kappa shape index (κ3) is 9.00. The van der Waals surface area contributed by atoms with E-state index in [0.717, 1.165) is 30.4 Å². The number of primary amides is 1. The minimum Gasteiger partial charge on any atom is -0.457 e. The minimum atomic E-state index is -0.877. The Labute approximate surface area is 277 Å². The van der Waals surface area contributed by atoms with Gasteiger partial charge in [-0.2, -0.15) is 4.98 Å². The van der Waals surface area contributed by atoms with E-state index in [-0.39, 0.29) is 59.8 Å². The lowest BCUT2D eigenvalue weighted by Gasteiger charge is -2.30. The van der Waals surface area contributed by atoms with E-state index >= 15 is 0 Å². The van der Waals surface area contributed by atoms with E-state index in [2.05, 4.69) is 37.7 Å². The summed E-state index contributed by atoms with van der Waals surface area (Å²) in [6.45, 7) is 3.48. The van der Waals surface area contributed by atoms with Gasteiger partial charge in [0, 0.05) is 17.8 Å². The smallest absolute Gasteiger partial charge is 0.339 e. The van der Waals surface area contributed by atoms with Crippen molar-refractivity contribution in [1.82, 2.24) is 20.5 Å². The maximum atomic E-state index is 13.4. The molecule has 1 fully saturated rings. The first kappa shape index (κ1) is 33.3. The number of nitrogens with one attached hydrogen (secondary N) is 3. The summed E-state index contributed by atoms with van der Waals surface area (Å²) >= 11 is 0. The molecule has 246 valence electrons. The van der Waals surface area contributed by atoms with Gasteiger partial charge in [-0.05, 0) is 61.1 Å². The van der Waals surface area contributed by atoms with Gasteiger partial charge in [-0.25, -0.2) is 9.59 Å². The molecule has 13 nitrogen and oxygen atoms in total. The van der Waals surface area contributed by atoms with Crippen molar-refractivity contribution in [1.29, 1.82) is 0 Å². The Kier molecular flexibility index (Phi) is 11.0. The van der Waals surface area contributed by atoms with Crippen molar-refractivity contribution in [2.75, 3.05) is 10.6 Å². The maximum Gasteiger partial charge on any atom is 0.339 e. The number of hydrogen-bond acceptors (Lipinski definition) is 11. The first-order valence-electron chi connectivity index (χ1n) is 15.4. The van der Waals surface area contributed by atoms with Gasteiger partial charge in [0.1, 0.15) is 13.2 Å². The van der Waals surface area contributed by atoms with Crippen LogP contribution in [0.4, 0.5) is 17.5 Å². The molecule has 48 heavy (non-hydrogen) atoms. The lowest BCUT2D eigenvalue weighted by atomic mass is 9.91. The quantitative estimate of drug-likeness (QED) is 0.118. The Morgan fingerprint density at radius 3 is 2.08 bits per heavy atom. The number of hydrogen-bond donors (Lipinski definition) is 4. The standard InChI is InChI=1S/C35H35N7O6/c1-2-29(43)37-24-14-9-15-25(18-24)39-35-40-32(30(31(36)44)41-42-35)38-26-16-17-27(33(45)47-20-22-10-5-3-6-11-22)28(19-26)34(46)48-21-23-12-7-4-8-13-23/h2-8,10-13,16-17,19,24-25H,1,9,14-15,18,20-21H2,(H2,36,44)(H,37,43)(H2,38,39,40,42)/t24?,25-/m1/s1. The van der Waals surface area contributed by atoms with Crippen LogP contribution in [0, 0.1) is 0 Å². The molecule has 1 unspecified atom stereocenters. The molecule has 3 aromatic carbocycles. The van der Waals surface area contributed by atoms with Gasteiger partial charge in [-0.15, -0.1) is 10.2 Å². The second-order valence-corrected chi connectivity index (χ2v) is 11.1. The van der Waals surface area contributed by atoms with Gasteiger partial charge < -0.3 is 31.2 Å². The monoisotopic (exact) mass is 649 g/mol. The van der Waals surface area contributed by atoms with E-state index in [1.54, 1.807) is 0 Å². The summed E-state index contributed by atoms with van der Waals surface area (Å²) in [5.41, 5.74) is 7.10. The van der Waals surface area contributed by atoms with E-state index in [1.165, 1.54) is 24.3 Å². The van der Waals surface area contributed by atoms with Crippen LogP contribution >= 0.6 is 0 Å². The Bertz CT molecular complexity index is 1790. The molecule has 0 saturated heterocycles. The van der Waals surface area contributed by atoms with Gasteiger partial charge >= 0.3 is 11.9 Å². The number of benzene rings is 3. The molecule has 5 N–H and O–H groups in total. The average Bonchev–Trinajstić information content (AvgIpc) is 3.10. The molecule has 1 aromatic heterocycles. The minimum absolute atomic E-state index is 0.00486. The largest absolute Gasteiger partial charge is 0.457 e. The fourth-order valence-corrected chi connectivity index (χ4v) is 5.24. The molecule has 1 aliphatic carbocycles. The third-order valence-corrected chi connectivity index (χ3v) is 7.61. The summed E-state index contributed by atoms with van der Waals surface area (Å²) in [4.78, 5) is 55.0. The first-order chi connectivity index (χ1) is 23.3. The fraction of sp³-hybridized carbons (Fsp3) is 0.229. The van der Waals surface area contributed by atoms with Crippen LogP contribution in [0.2, 0.25) is 0 Å². The molecule has 0 aliphatic heterocycles. The normalized spacial score (nSPS) is 15.4. The van der Waals surface area contributed by atoms with Crippen molar-refractivity contribution < 1.29 is 28.7 Å². The van der Waals surface area contributed by atoms with Crippen molar-refractivity contribution in [3.8, 4) is 0 Å². The van der Waals surface area contributed by atoms with E-state index in [0.29, 0.717) is 12.1 Å². The zero-order chi connectivity index (χ0) is 33.9. The number of aromatic nitrogens is 3. The van der Waals surface area contributed by atoms with E-state index < -0.39 is 17.8 Å². The second-order valence-electron chi connectivity index (χ2n) is 11.1. The number of nitrogens with zero attached hydrogens (tertiary/aromatic N) is 3. The number of amides is 2. The predicted octanol–water partition coefficient (Wildman–Crippen LogP) is 4.45. The highest BCUT2D eigenvalue weighted by atomic mass is 16.5. The third-order valence-electron chi connectivity index (χ3n) is 7.61. The van der Waals surface area contributed by atoms with Crippen molar-refractivity contribution in [3.63, 3.8) is 0 Å². The molecule has 1 aliphatic rings. The first-order valence-corrected chi connectivity index (χ1v) is 15.4. The van der Waals surface area contributed by atoms with Gasteiger partial charge in [0.25, 0.3) is 5.91 Å². The number of nitrogens with two attached hydrogens (primary N) is 1.